The Morgan fingerprint density at radius 3 is 2.84 bits per heavy atom. The summed E-state index contributed by atoms with van der Waals surface area (Å²) >= 11 is 18.2. The minimum atomic E-state index is 0.463. The summed E-state index contributed by atoms with van der Waals surface area (Å²) < 4.78 is 0. The maximum absolute atomic E-state index is 6.27. The number of hydrogen-bond acceptors (Lipinski definition) is 3. The summed E-state index contributed by atoms with van der Waals surface area (Å²) in [5.41, 5.74) is 2.74. The number of H-pyrrole nitrogens is 1. The minimum absolute atomic E-state index is 0.463. The summed E-state index contributed by atoms with van der Waals surface area (Å²) in [7, 11) is 0. The van der Waals surface area contributed by atoms with Gasteiger partial charge in [0.1, 0.15) is 5.15 Å². The average Bonchev–Trinajstić information content (AvgIpc) is 3.20. The van der Waals surface area contributed by atoms with Crippen molar-refractivity contribution < 1.29 is 0 Å². The Morgan fingerprint density at radius 1 is 1.12 bits per heavy atom. The molecule has 0 aliphatic carbocycles. The Kier molecular flexibility index (Phi) is 4.76. The fourth-order valence-corrected chi connectivity index (χ4v) is 4.00. The van der Waals surface area contributed by atoms with Gasteiger partial charge < -0.3 is 9.88 Å². The monoisotopic (exact) mass is 394 g/mol. The van der Waals surface area contributed by atoms with Crippen molar-refractivity contribution in [2.75, 3.05) is 18.0 Å². The number of fused-ring (bicyclic) bond motifs is 1. The molecular formula is C18H17Cl3N4. The highest BCUT2D eigenvalue weighted by molar-refractivity contribution is 6.35. The van der Waals surface area contributed by atoms with Crippen LogP contribution in [-0.2, 0) is 6.42 Å². The van der Waals surface area contributed by atoms with Crippen molar-refractivity contribution in [1.29, 1.82) is 0 Å². The number of aromatic nitrogens is 3. The van der Waals surface area contributed by atoms with Crippen LogP contribution in [0.25, 0.3) is 11.2 Å². The van der Waals surface area contributed by atoms with Crippen molar-refractivity contribution in [2.45, 2.75) is 19.3 Å². The zero-order valence-corrected chi connectivity index (χ0v) is 15.7. The van der Waals surface area contributed by atoms with E-state index in [9.17, 15) is 0 Å². The third kappa shape index (κ3) is 3.71. The molecule has 4 nitrogen and oxygen atoms in total. The topological polar surface area (TPSA) is 44.8 Å². The second-order valence-electron chi connectivity index (χ2n) is 6.44. The summed E-state index contributed by atoms with van der Waals surface area (Å²) in [5, 5.41) is 1.90. The van der Waals surface area contributed by atoms with Crippen molar-refractivity contribution in [1.82, 2.24) is 15.0 Å². The number of aromatic amines is 1. The maximum Gasteiger partial charge on any atom is 0.205 e. The van der Waals surface area contributed by atoms with Gasteiger partial charge >= 0.3 is 0 Å². The molecule has 25 heavy (non-hydrogen) atoms. The molecule has 0 amide bonds. The van der Waals surface area contributed by atoms with E-state index >= 15 is 0 Å². The summed E-state index contributed by atoms with van der Waals surface area (Å²) in [5.74, 6) is 1.49. The van der Waals surface area contributed by atoms with Crippen LogP contribution in [0.4, 0.5) is 5.95 Å². The van der Waals surface area contributed by atoms with E-state index in [1.165, 1.54) is 0 Å². The largest absolute Gasteiger partial charge is 0.342 e. The van der Waals surface area contributed by atoms with Crippen molar-refractivity contribution in [3.63, 3.8) is 0 Å². The molecule has 1 N–H and O–H groups in total. The Bertz CT molecular complexity index is 908. The highest BCUT2D eigenvalue weighted by atomic mass is 35.5. The molecule has 1 saturated heterocycles. The fourth-order valence-electron chi connectivity index (χ4n) is 3.35. The van der Waals surface area contributed by atoms with E-state index in [1.807, 2.05) is 24.3 Å². The molecule has 3 aromatic rings. The normalized spacial score (nSPS) is 17.6. The first-order chi connectivity index (χ1) is 12.1. The van der Waals surface area contributed by atoms with E-state index in [-0.39, 0.29) is 0 Å². The van der Waals surface area contributed by atoms with E-state index in [0.717, 1.165) is 54.4 Å². The standard InChI is InChI=1S/C18H17Cl3N4/c19-13-4-3-12(14(20)9-13)2-1-11-7-8-25(10-11)18-22-15-5-6-16(21)23-17(15)24-18/h3-6,9,11H,1-2,7-8,10H2,(H,22,23,24)/t11-/m0/s1. The second-order valence-corrected chi connectivity index (χ2v) is 7.67. The van der Waals surface area contributed by atoms with E-state index in [1.54, 1.807) is 6.07 Å². The number of halogens is 3. The number of hydrogen-bond donors (Lipinski definition) is 1. The van der Waals surface area contributed by atoms with Crippen molar-refractivity contribution in [3.05, 3.63) is 51.1 Å². The Labute approximate surface area is 161 Å². The van der Waals surface area contributed by atoms with Gasteiger partial charge in [-0.3, -0.25) is 0 Å². The number of imidazole rings is 1. The molecule has 1 aliphatic rings. The lowest BCUT2D eigenvalue weighted by Gasteiger charge is -2.15. The smallest absolute Gasteiger partial charge is 0.205 e. The van der Waals surface area contributed by atoms with Crippen molar-refractivity contribution in [2.24, 2.45) is 5.92 Å². The maximum atomic E-state index is 6.27. The van der Waals surface area contributed by atoms with Crippen LogP contribution in [-0.4, -0.2) is 28.0 Å². The molecule has 1 fully saturated rings. The van der Waals surface area contributed by atoms with Crippen LogP contribution in [0.3, 0.4) is 0 Å². The lowest BCUT2D eigenvalue weighted by Crippen LogP contribution is -2.21. The highest BCUT2D eigenvalue weighted by Gasteiger charge is 2.25. The number of anilines is 1. The lowest BCUT2D eigenvalue weighted by molar-refractivity contribution is 0.537. The van der Waals surface area contributed by atoms with Crippen LogP contribution in [0.15, 0.2) is 30.3 Å². The molecule has 0 saturated carbocycles. The van der Waals surface area contributed by atoms with Gasteiger partial charge in [0.2, 0.25) is 5.95 Å². The van der Waals surface area contributed by atoms with Crippen LogP contribution < -0.4 is 4.90 Å². The van der Waals surface area contributed by atoms with E-state index in [4.69, 9.17) is 34.8 Å². The molecule has 0 spiro atoms. The number of nitrogens with zero attached hydrogens (tertiary/aromatic N) is 3. The van der Waals surface area contributed by atoms with Crippen LogP contribution in [0, 0.1) is 5.92 Å². The molecule has 1 aliphatic heterocycles. The number of aryl methyl sites for hydroxylation is 1. The zero-order chi connectivity index (χ0) is 17.4. The Balaban J connectivity index is 1.40. The molecule has 0 bridgehead atoms. The molecular weight excluding hydrogens is 379 g/mol. The van der Waals surface area contributed by atoms with Gasteiger partial charge in [-0.1, -0.05) is 40.9 Å². The number of rotatable bonds is 4. The molecule has 1 atom stereocenters. The molecule has 1 aromatic carbocycles. The summed E-state index contributed by atoms with van der Waals surface area (Å²) in [6.07, 6.45) is 3.21. The molecule has 0 unspecified atom stereocenters. The minimum Gasteiger partial charge on any atom is -0.342 e. The van der Waals surface area contributed by atoms with Gasteiger partial charge in [0.25, 0.3) is 0 Å². The van der Waals surface area contributed by atoms with Crippen LogP contribution >= 0.6 is 34.8 Å². The fraction of sp³-hybridized carbons (Fsp3) is 0.333. The third-order valence-electron chi connectivity index (χ3n) is 4.72. The van der Waals surface area contributed by atoms with E-state index < -0.39 is 0 Å². The predicted octanol–water partition coefficient (Wildman–Crippen LogP) is 5.38. The van der Waals surface area contributed by atoms with Gasteiger partial charge in [-0.15, -0.1) is 0 Å². The molecule has 130 valence electrons. The Morgan fingerprint density at radius 2 is 2.00 bits per heavy atom. The van der Waals surface area contributed by atoms with Gasteiger partial charge in [0, 0.05) is 23.1 Å². The van der Waals surface area contributed by atoms with Gasteiger partial charge in [-0.25, -0.2) is 4.98 Å². The van der Waals surface area contributed by atoms with Crippen molar-refractivity contribution in [3.8, 4) is 0 Å². The van der Waals surface area contributed by atoms with Gasteiger partial charge in [-0.05, 0) is 55.0 Å². The zero-order valence-electron chi connectivity index (χ0n) is 13.5. The van der Waals surface area contributed by atoms with Crippen LogP contribution in [0.2, 0.25) is 15.2 Å². The second kappa shape index (κ2) is 7.02. The third-order valence-corrected chi connectivity index (χ3v) is 5.52. The van der Waals surface area contributed by atoms with Crippen LogP contribution in [0.1, 0.15) is 18.4 Å². The van der Waals surface area contributed by atoms with E-state index in [2.05, 4.69) is 19.9 Å². The van der Waals surface area contributed by atoms with E-state index in [0.29, 0.717) is 21.7 Å². The molecule has 0 radical (unpaired) electrons. The van der Waals surface area contributed by atoms with Gasteiger partial charge in [0.05, 0.1) is 5.52 Å². The SMILES string of the molecule is Clc1ccc(CC[C@H]2CCN(c3nc4nc(Cl)ccc4[nH]3)C2)c(Cl)c1. The number of benzene rings is 1. The number of nitrogens with one attached hydrogen (secondary N) is 1. The Hall–Kier alpha value is -1.49. The first kappa shape index (κ1) is 17.0. The average molecular weight is 396 g/mol. The van der Waals surface area contributed by atoms with Crippen molar-refractivity contribution >= 4 is 51.9 Å². The predicted molar refractivity (Wildman–Crippen MR) is 104 cm³/mol. The summed E-state index contributed by atoms with van der Waals surface area (Å²) in [6, 6.07) is 9.42. The molecule has 2 aromatic heterocycles. The first-order valence-corrected chi connectivity index (χ1v) is 9.43. The molecule has 4 rings (SSSR count). The lowest BCUT2D eigenvalue weighted by atomic mass is 9.99. The molecule has 7 heteroatoms. The van der Waals surface area contributed by atoms with Gasteiger partial charge in [-0.2, -0.15) is 4.98 Å². The quantitative estimate of drug-likeness (QED) is 0.603. The van der Waals surface area contributed by atoms with Gasteiger partial charge in [0.15, 0.2) is 5.65 Å². The first-order valence-electron chi connectivity index (χ1n) is 8.29. The molecule has 3 heterocycles. The number of pyridine rings is 1. The summed E-state index contributed by atoms with van der Waals surface area (Å²) in [4.78, 5) is 14.4. The van der Waals surface area contributed by atoms with Crippen LogP contribution in [0.5, 0.6) is 0 Å². The summed E-state index contributed by atoms with van der Waals surface area (Å²) in [6.45, 7) is 1.98. The highest BCUT2D eigenvalue weighted by Crippen LogP contribution is 2.28.